The van der Waals surface area contributed by atoms with Crippen LogP contribution in [0.3, 0.4) is 0 Å². The molecule has 0 saturated carbocycles. The van der Waals surface area contributed by atoms with Crippen LogP contribution in [0, 0.1) is 6.92 Å². The SMILES string of the molecule is COC(=O)c1ccc2c(c1)c(-c1nc3cccc(C)c3[nH]c1=O)cn2CCCN. The molecular formula is C22H22N4O3. The summed E-state index contributed by atoms with van der Waals surface area (Å²) in [5.74, 6) is -0.427. The van der Waals surface area contributed by atoms with E-state index in [1.165, 1.54) is 7.11 Å². The van der Waals surface area contributed by atoms with Crippen molar-refractivity contribution in [1.29, 1.82) is 0 Å². The van der Waals surface area contributed by atoms with Crippen LogP contribution < -0.4 is 11.3 Å². The summed E-state index contributed by atoms with van der Waals surface area (Å²) in [6, 6.07) is 11.0. The summed E-state index contributed by atoms with van der Waals surface area (Å²) >= 11 is 0. The number of nitrogens with one attached hydrogen (secondary N) is 1. The van der Waals surface area contributed by atoms with E-state index in [9.17, 15) is 9.59 Å². The van der Waals surface area contributed by atoms with E-state index in [2.05, 4.69) is 9.97 Å². The maximum Gasteiger partial charge on any atom is 0.337 e. The van der Waals surface area contributed by atoms with Gasteiger partial charge in [0.1, 0.15) is 5.69 Å². The van der Waals surface area contributed by atoms with Gasteiger partial charge in [0.15, 0.2) is 0 Å². The Labute approximate surface area is 167 Å². The first-order valence-electron chi connectivity index (χ1n) is 9.44. The number of nitrogens with zero attached hydrogens (tertiary/aromatic N) is 2. The van der Waals surface area contributed by atoms with E-state index in [1.54, 1.807) is 12.1 Å². The summed E-state index contributed by atoms with van der Waals surface area (Å²) in [5.41, 5.74) is 10.1. The second kappa shape index (κ2) is 7.52. The van der Waals surface area contributed by atoms with Gasteiger partial charge in [0.25, 0.3) is 5.56 Å². The van der Waals surface area contributed by atoms with Crippen LogP contribution in [0.1, 0.15) is 22.3 Å². The molecule has 0 unspecified atom stereocenters. The van der Waals surface area contributed by atoms with Crippen LogP contribution in [-0.4, -0.2) is 34.2 Å². The minimum absolute atomic E-state index is 0.270. The molecule has 3 N–H and O–H groups in total. The van der Waals surface area contributed by atoms with E-state index < -0.39 is 5.97 Å². The lowest BCUT2D eigenvalue weighted by Crippen LogP contribution is -2.12. The number of nitrogens with two attached hydrogens (primary N) is 1. The highest BCUT2D eigenvalue weighted by Crippen LogP contribution is 2.30. The van der Waals surface area contributed by atoms with Crippen molar-refractivity contribution < 1.29 is 9.53 Å². The van der Waals surface area contributed by atoms with Crippen LogP contribution in [0.2, 0.25) is 0 Å². The first-order valence-corrected chi connectivity index (χ1v) is 9.44. The van der Waals surface area contributed by atoms with Crippen molar-refractivity contribution in [2.45, 2.75) is 19.9 Å². The van der Waals surface area contributed by atoms with Gasteiger partial charge in [-0.2, -0.15) is 0 Å². The van der Waals surface area contributed by atoms with Crippen molar-refractivity contribution in [3.05, 3.63) is 64.1 Å². The minimum Gasteiger partial charge on any atom is -0.465 e. The molecule has 0 spiro atoms. The summed E-state index contributed by atoms with van der Waals surface area (Å²) in [6.45, 7) is 3.19. The van der Waals surface area contributed by atoms with Crippen molar-refractivity contribution >= 4 is 27.9 Å². The second-order valence-electron chi connectivity index (χ2n) is 6.99. The van der Waals surface area contributed by atoms with Gasteiger partial charge in [0.2, 0.25) is 0 Å². The van der Waals surface area contributed by atoms with Gasteiger partial charge in [0, 0.05) is 29.2 Å². The van der Waals surface area contributed by atoms with Crippen LogP contribution in [-0.2, 0) is 11.3 Å². The minimum atomic E-state index is -0.427. The summed E-state index contributed by atoms with van der Waals surface area (Å²) in [5, 5.41) is 0.773. The van der Waals surface area contributed by atoms with Crippen molar-refractivity contribution in [2.75, 3.05) is 13.7 Å². The molecule has 0 aliphatic rings. The van der Waals surface area contributed by atoms with Crippen LogP contribution in [0.4, 0.5) is 0 Å². The van der Waals surface area contributed by atoms with E-state index in [-0.39, 0.29) is 5.56 Å². The standard InChI is InChI=1S/C22H22N4O3/c1-13-5-3-6-17-19(13)25-21(27)20(24-17)16-12-26(10-4-9-23)18-8-7-14(11-15(16)18)22(28)29-2/h3,5-8,11-12H,4,9-10,23H2,1-2H3,(H,25,27). The third kappa shape index (κ3) is 3.30. The van der Waals surface area contributed by atoms with Crippen molar-refractivity contribution in [2.24, 2.45) is 5.73 Å². The maximum atomic E-state index is 12.9. The first-order chi connectivity index (χ1) is 14.0. The molecule has 0 fully saturated rings. The van der Waals surface area contributed by atoms with Gasteiger partial charge < -0.3 is 20.0 Å². The fraction of sp³-hybridized carbons (Fsp3) is 0.227. The van der Waals surface area contributed by atoms with Crippen molar-refractivity contribution in [3.63, 3.8) is 0 Å². The average molecular weight is 390 g/mol. The molecule has 148 valence electrons. The Morgan fingerprint density at radius 1 is 1.28 bits per heavy atom. The fourth-order valence-electron chi connectivity index (χ4n) is 3.61. The molecule has 0 aliphatic carbocycles. The van der Waals surface area contributed by atoms with E-state index in [4.69, 9.17) is 10.5 Å². The number of aromatic nitrogens is 3. The molecule has 0 bridgehead atoms. The molecule has 4 aromatic rings. The fourth-order valence-corrected chi connectivity index (χ4v) is 3.61. The predicted molar refractivity (Wildman–Crippen MR) is 113 cm³/mol. The molecule has 2 aromatic heterocycles. The Balaban J connectivity index is 1.99. The highest BCUT2D eigenvalue weighted by molar-refractivity contribution is 6.01. The zero-order valence-corrected chi connectivity index (χ0v) is 16.4. The number of fused-ring (bicyclic) bond motifs is 2. The number of H-pyrrole nitrogens is 1. The number of para-hydroxylation sites is 1. The number of methoxy groups -OCH3 is 1. The number of ether oxygens (including phenoxy) is 1. The Hall–Kier alpha value is -3.45. The van der Waals surface area contributed by atoms with Gasteiger partial charge >= 0.3 is 5.97 Å². The zero-order chi connectivity index (χ0) is 20.5. The van der Waals surface area contributed by atoms with Gasteiger partial charge in [-0.1, -0.05) is 12.1 Å². The number of aromatic amines is 1. The van der Waals surface area contributed by atoms with Gasteiger partial charge in [-0.15, -0.1) is 0 Å². The van der Waals surface area contributed by atoms with Crippen molar-refractivity contribution in [1.82, 2.24) is 14.5 Å². The quantitative estimate of drug-likeness (QED) is 0.510. The van der Waals surface area contributed by atoms with Crippen LogP contribution in [0.25, 0.3) is 33.2 Å². The van der Waals surface area contributed by atoms with E-state index >= 15 is 0 Å². The number of benzene rings is 2. The predicted octanol–water partition coefficient (Wildman–Crippen LogP) is 2.99. The summed E-state index contributed by atoms with van der Waals surface area (Å²) < 4.78 is 6.89. The summed E-state index contributed by atoms with van der Waals surface area (Å²) in [6.07, 6.45) is 2.70. The third-order valence-electron chi connectivity index (χ3n) is 5.10. The molecular weight excluding hydrogens is 368 g/mol. The largest absolute Gasteiger partial charge is 0.465 e. The Kier molecular flexibility index (Phi) is 4.90. The lowest BCUT2D eigenvalue weighted by Gasteiger charge is -2.05. The zero-order valence-electron chi connectivity index (χ0n) is 16.4. The van der Waals surface area contributed by atoms with Gasteiger partial charge in [-0.3, -0.25) is 4.79 Å². The molecule has 0 atom stereocenters. The number of carbonyl (C=O) groups is 1. The smallest absolute Gasteiger partial charge is 0.337 e. The van der Waals surface area contributed by atoms with E-state index in [1.807, 2.05) is 42.0 Å². The van der Waals surface area contributed by atoms with Gasteiger partial charge in [-0.25, -0.2) is 9.78 Å². The number of rotatable bonds is 5. The average Bonchev–Trinajstić information content (AvgIpc) is 3.09. The maximum absolute atomic E-state index is 12.9. The van der Waals surface area contributed by atoms with E-state index in [0.29, 0.717) is 35.4 Å². The van der Waals surface area contributed by atoms with Crippen molar-refractivity contribution in [3.8, 4) is 11.3 Å². The molecule has 7 nitrogen and oxygen atoms in total. The lowest BCUT2D eigenvalue weighted by molar-refractivity contribution is 0.0601. The number of esters is 1. The summed E-state index contributed by atoms with van der Waals surface area (Å²) in [4.78, 5) is 32.5. The van der Waals surface area contributed by atoms with Gasteiger partial charge in [0.05, 0.1) is 23.7 Å². The number of carbonyl (C=O) groups excluding carboxylic acids is 1. The van der Waals surface area contributed by atoms with Crippen LogP contribution in [0.5, 0.6) is 0 Å². The Morgan fingerprint density at radius 3 is 2.86 bits per heavy atom. The molecule has 0 aliphatic heterocycles. The van der Waals surface area contributed by atoms with Gasteiger partial charge in [-0.05, 0) is 49.7 Å². The summed E-state index contributed by atoms with van der Waals surface area (Å²) in [7, 11) is 1.35. The highest BCUT2D eigenvalue weighted by Gasteiger charge is 2.18. The normalized spacial score (nSPS) is 11.3. The molecule has 7 heteroatoms. The highest BCUT2D eigenvalue weighted by atomic mass is 16.5. The molecule has 0 radical (unpaired) electrons. The van der Waals surface area contributed by atoms with Crippen LogP contribution in [0.15, 0.2) is 47.4 Å². The molecule has 2 aromatic carbocycles. The first kappa shape index (κ1) is 18.9. The monoisotopic (exact) mass is 390 g/mol. The molecule has 29 heavy (non-hydrogen) atoms. The molecule has 2 heterocycles. The third-order valence-corrected chi connectivity index (χ3v) is 5.10. The van der Waals surface area contributed by atoms with Crippen LogP contribution >= 0.6 is 0 Å². The lowest BCUT2D eigenvalue weighted by atomic mass is 10.1. The molecule has 0 amide bonds. The topological polar surface area (TPSA) is 103 Å². The van der Waals surface area contributed by atoms with E-state index in [0.717, 1.165) is 28.4 Å². The number of hydrogen-bond donors (Lipinski definition) is 2. The molecule has 4 rings (SSSR count). The number of hydrogen-bond acceptors (Lipinski definition) is 5. The Morgan fingerprint density at radius 2 is 2.10 bits per heavy atom. The Bertz CT molecular complexity index is 1290. The number of aryl methyl sites for hydroxylation is 2. The second-order valence-corrected chi connectivity index (χ2v) is 6.99. The molecule has 0 saturated heterocycles.